The molecule has 0 spiro atoms. The van der Waals surface area contributed by atoms with Crippen molar-refractivity contribution >= 4 is 27.7 Å². The van der Waals surface area contributed by atoms with Crippen molar-refractivity contribution < 1.29 is 35.3 Å². The number of hydrogen-bond donors (Lipinski definition) is 1. The number of ether oxygens (including phenoxy) is 1. The van der Waals surface area contributed by atoms with Crippen LogP contribution in [0.4, 0.5) is 24.8 Å². The van der Waals surface area contributed by atoms with E-state index in [1.165, 1.54) is 6.07 Å². The third-order valence-corrected chi connectivity index (χ3v) is 7.77. The molecule has 11 nitrogen and oxygen atoms in total. The van der Waals surface area contributed by atoms with Crippen LogP contribution < -0.4 is 15.1 Å². The molecular formula is C29H33F3N6O5S. The van der Waals surface area contributed by atoms with Crippen LogP contribution >= 0.6 is 0 Å². The average Bonchev–Trinajstić information content (AvgIpc) is 3.49. The minimum absolute atomic E-state index is 0.0528. The van der Waals surface area contributed by atoms with Gasteiger partial charge in [-0.15, -0.1) is 0 Å². The predicted octanol–water partition coefficient (Wildman–Crippen LogP) is 2.66. The van der Waals surface area contributed by atoms with E-state index in [1.54, 1.807) is 21.9 Å². The van der Waals surface area contributed by atoms with Crippen LogP contribution in [-0.2, 0) is 36.4 Å². The number of rotatable bonds is 10. The molecule has 3 heterocycles. The summed E-state index contributed by atoms with van der Waals surface area (Å²) in [7, 11) is -3.57. The molecule has 0 aliphatic carbocycles. The van der Waals surface area contributed by atoms with Crippen molar-refractivity contribution in [3.8, 4) is 17.9 Å². The summed E-state index contributed by atoms with van der Waals surface area (Å²) in [6.07, 6.45) is -1.31. The zero-order valence-corrected chi connectivity index (χ0v) is 25.0. The van der Waals surface area contributed by atoms with E-state index in [0.29, 0.717) is 63.8 Å². The Hall–Kier alpha value is -3.92. The van der Waals surface area contributed by atoms with E-state index in [4.69, 9.17) is 10.00 Å². The van der Waals surface area contributed by atoms with Gasteiger partial charge < -0.3 is 19.9 Å². The molecule has 2 aliphatic rings. The highest BCUT2D eigenvalue weighted by Gasteiger charge is 2.39. The molecule has 1 atom stereocenters. The van der Waals surface area contributed by atoms with Gasteiger partial charge in [-0.1, -0.05) is 24.0 Å². The number of carbonyl (C=O) groups excluding carboxylic acids is 1. The first kappa shape index (κ1) is 33.0. The van der Waals surface area contributed by atoms with Crippen LogP contribution in [-0.4, -0.2) is 82.1 Å². The van der Waals surface area contributed by atoms with Crippen molar-refractivity contribution in [3.05, 3.63) is 47.3 Å². The van der Waals surface area contributed by atoms with Gasteiger partial charge in [0.05, 0.1) is 24.0 Å². The van der Waals surface area contributed by atoms with E-state index in [9.17, 15) is 26.4 Å². The van der Waals surface area contributed by atoms with Gasteiger partial charge >= 0.3 is 6.18 Å². The minimum atomic E-state index is -4.77. The number of carbonyl (C=O) groups is 1. The van der Waals surface area contributed by atoms with Gasteiger partial charge in [0, 0.05) is 32.2 Å². The lowest BCUT2D eigenvalue weighted by molar-refractivity contribution is -0.144. The summed E-state index contributed by atoms with van der Waals surface area (Å²) in [6, 6.07) is 9.93. The van der Waals surface area contributed by atoms with Crippen molar-refractivity contribution in [1.29, 1.82) is 5.26 Å². The summed E-state index contributed by atoms with van der Waals surface area (Å²) in [5.74, 6) is 3.87. The van der Waals surface area contributed by atoms with E-state index in [2.05, 4.69) is 37.4 Å². The molecule has 2 fully saturated rings. The second-order valence-electron chi connectivity index (χ2n) is 10.4. The summed E-state index contributed by atoms with van der Waals surface area (Å²) in [6.45, 7) is 1.31. The third kappa shape index (κ3) is 9.54. The van der Waals surface area contributed by atoms with E-state index in [1.807, 2.05) is 12.1 Å². The summed E-state index contributed by atoms with van der Waals surface area (Å²) in [5, 5.41) is 11.8. The third-order valence-electron chi connectivity index (χ3n) is 7.23. The second-order valence-corrected chi connectivity index (χ2v) is 12.1. The lowest BCUT2D eigenvalue weighted by atomic mass is 10.1. The van der Waals surface area contributed by atoms with E-state index in [-0.39, 0.29) is 36.9 Å². The van der Waals surface area contributed by atoms with E-state index < -0.39 is 28.2 Å². The number of nitrogens with one attached hydrogen (secondary N) is 1. The summed E-state index contributed by atoms with van der Waals surface area (Å²) in [4.78, 5) is 24.1. The number of nitrogens with zero attached hydrogens (tertiary/aromatic N) is 5. The Labute approximate surface area is 254 Å². The number of nitriles is 1. The number of piperidine rings is 1. The average molecular weight is 635 g/mol. The second kappa shape index (κ2) is 14.7. The molecule has 4 rings (SSSR count). The number of benzene rings is 1. The highest BCUT2D eigenvalue weighted by molar-refractivity contribution is 7.86. The molecule has 0 saturated carbocycles. The van der Waals surface area contributed by atoms with Crippen LogP contribution in [0.3, 0.4) is 0 Å². The first-order valence-corrected chi connectivity index (χ1v) is 15.9. The van der Waals surface area contributed by atoms with Crippen molar-refractivity contribution in [2.45, 2.75) is 50.4 Å². The zero-order valence-electron chi connectivity index (χ0n) is 24.1. The van der Waals surface area contributed by atoms with Gasteiger partial charge in [0.15, 0.2) is 0 Å². The fourth-order valence-electron chi connectivity index (χ4n) is 5.01. The number of hydrogen-bond acceptors (Lipinski definition) is 10. The number of halogens is 3. The van der Waals surface area contributed by atoms with Crippen LogP contribution in [0.2, 0.25) is 0 Å². The Morgan fingerprint density at radius 2 is 1.75 bits per heavy atom. The van der Waals surface area contributed by atoms with Crippen molar-refractivity contribution in [2.24, 2.45) is 0 Å². The van der Waals surface area contributed by atoms with Gasteiger partial charge in [-0.3, -0.25) is 8.98 Å². The van der Waals surface area contributed by atoms with Gasteiger partial charge in [0.25, 0.3) is 10.1 Å². The Morgan fingerprint density at radius 1 is 1.07 bits per heavy atom. The van der Waals surface area contributed by atoms with Gasteiger partial charge in [-0.25, -0.2) is 9.97 Å². The minimum Gasteiger partial charge on any atom is -0.365 e. The zero-order chi connectivity index (χ0) is 31.7. The Balaban J connectivity index is 1.37. The monoisotopic (exact) mass is 634 g/mol. The molecule has 15 heteroatoms. The normalized spacial score (nSPS) is 17.6. The molecule has 1 N–H and O–H groups in total. The Kier molecular flexibility index (Phi) is 11.0. The lowest BCUT2D eigenvalue weighted by Gasteiger charge is -2.33. The molecule has 0 radical (unpaired) electrons. The first-order chi connectivity index (χ1) is 20.9. The van der Waals surface area contributed by atoms with Crippen molar-refractivity contribution in [3.63, 3.8) is 0 Å². The first-order valence-electron chi connectivity index (χ1n) is 14.1. The van der Waals surface area contributed by atoms with Gasteiger partial charge in [0.1, 0.15) is 30.9 Å². The molecule has 44 heavy (non-hydrogen) atoms. The summed E-state index contributed by atoms with van der Waals surface area (Å²) < 4.78 is 73.7. The summed E-state index contributed by atoms with van der Waals surface area (Å²) >= 11 is 0. The molecular weight excluding hydrogens is 601 g/mol. The van der Waals surface area contributed by atoms with E-state index >= 15 is 0 Å². The molecule has 2 aromatic rings. The number of amides is 1. The molecule has 1 aromatic heterocycles. The topological polar surface area (TPSA) is 138 Å². The van der Waals surface area contributed by atoms with E-state index in [0.717, 1.165) is 11.8 Å². The number of aromatic nitrogens is 2. The highest BCUT2D eigenvalue weighted by atomic mass is 32.2. The number of anilines is 2. The fraction of sp³-hybridized carbons (Fsp3) is 0.517. The molecule has 236 valence electrons. The Bertz CT molecular complexity index is 1510. The maximum Gasteiger partial charge on any atom is 0.451 e. The lowest BCUT2D eigenvalue weighted by Crippen LogP contribution is -2.44. The highest BCUT2D eigenvalue weighted by Crippen LogP contribution is 2.33. The van der Waals surface area contributed by atoms with Crippen LogP contribution in [0, 0.1) is 23.2 Å². The molecule has 0 bridgehead atoms. The van der Waals surface area contributed by atoms with Crippen LogP contribution in [0.5, 0.6) is 0 Å². The fourth-order valence-corrected chi connectivity index (χ4v) is 5.29. The maximum absolute atomic E-state index is 13.9. The molecule has 2 aliphatic heterocycles. The molecule has 1 aromatic carbocycles. The smallest absolute Gasteiger partial charge is 0.365 e. The largest absolute Gasteiger partial charge is 0.451 e. The van der Waals surface area contributed by atoms with Crippen molar-refractivity contribution in [1.82, 2.24) is 15.3 Å². The van der Waals surface area contributed by atoms with Crippen molar-refractivity contribution in [2.75, 3.05) is 55.4 Å². The molecule has 1 amide bonds. The van der Waals surface area contributed by atoms with Crippen LogP contribution in [0.25, 0.3) is 0 Å². The quantitative estimate of drug-likeness (QED) is 0.307. The molecule has 0 unspecified atom stereocenters. The van der Waals surface area contributed by atoms with Gasteiger partial charge in [-0.2, -0.15) is 26.9 Å². The molecule has 2 saturated heterocycles. The SMILES string of the molecule is CS(=O)(=O)OCC#CCOC1CCN(c2cc(N3CCC[C@H]3C(=O)NCCc3ccc(C#N)cc3)nc(C(F)(F)F)n2)CC1. The van der Waals surface area contributed by atoms with Crippen LogP contribution in [0.15, 0.2) is 30.3 Å². The Morgan fingerprint density at radius 3 is 2.41 bits per heavy atom. The standard InChI is InChI=1S/C29H33F3N6O5S/c1-44(40,41)43-18-3-2-17-42-23-11-15-37(16-12-23)25-19-26(36-28(35-25)29(30,31)32)38-14-4-5-24(38)27(39)34-13-10-21-6-8-22(20-33)9-7-21/h6-9,19,23-24H,4-5,10-18H2,1H3,(H,34,39)/t24-/m0/s1. The van der Waals surface area contributed by atoms with Gasteiger partial charge in [0.2, 0.25) is 11.7 Å². The summed E-state index contributed by atoms with van der Waals surface area (Å²) in [5.41, 5.74) is 1.49. The maximum atomic E-state index is 13.9. The predicted molar refractivity (Wildman–Crippen MR) is 155 cm³/mol. The number of alkyl halides is 3. The van der Waals surface area contributed by atoms with Gasteiger partial charge in [-0.05, 0) is 49.8 Å². The van der Waals surface area contributed by atoms with Crippen LogP contribution in [0.1, 0.15) is 42.6 Å².